The Hall–Kier alpha value is 1.01. The van der Waals surface area contributed by atoms with E-state index in [-0.39, 0.29) is 0 Å². The largest absolute Gasteiger partial charge is 0.357 e. The van der Waals surface area contributed by atoms with Gasteiger partial charge in [-0.3, -0.25) is 0 Å². The number of hydrogen-bond acceptors (Lipinski definition) is 4. The summed E-state index contributed by atoms with van der Waals surface area (Å²) in [6, 6.07) is 0. The van der Waals surface area contributed by atoms with E-state index in [9.17, 15) is 0 Å². The maximum Gasteiger partial charge on any atom is 0.105 e. The van der Waals surface area contributed by atoms with Gasteiger partial charge in [0.15, 0.2) is 0 Å². The van der Waals surface area contributed by atoms with E-state index in [1.807, 2.05) is 23.5 Å². The maximum atomic E-state index is 5.40. The van der Waals surface area contributed by atoms with Crippen molar-refractivity contribution in [3.05, 3.63) is 0 Å². The normalized spacial score (nSPS) is 28.3. The van der Waals surface area contributed by atoms with Gasteiger partial charge in [0.2, 0.25) is 0 Å². The van der Waals surface area contributed by atoms with Gasteiger partial charge < -0.3 is 4.74 Å². The first-order chi connectivity index (χ1) is 4.43. The lowest BCUT2D eigenvalue weighted by Gasteiger charge is -2.20. The van der Waals surface area contributed by atoms with E-state index >= 15 is 0 Å². The average Bonchev–Trinajstić information content (AvgIpc) is 1.91. The minimum atomic E-state index is 0.420. The summed E-state index contributed by atoms with van der Waals surface area (Å²) in [6.45, 7) is 0. The number of hydrogen-bond donors (Lipinski definition) is 1. The van der Waals surface area contributed by atoms with Gasteiger partial charge in [0, 0.05) is 5.08 Å². The van der Waals surface area contributed by atoms with Crippen LogP contribution in [-0.2, 0) is 4.74 Å². The molecular weight excluding hydrogens is 172 g/mol. The molecular formula is C5H10OS3. The average molecular weight is 182 g/mol. The van der Waals surface area contributed by atoms with Gasteiger partial charge in [-0.25, -0.2) is 0 Å². The van der Waals surface area contributed by atoms with E-state index < -0.39 is 0 Å². The molecule has 1 rings (SSSR count). The van der Waals surface area contributed by atoms with Crippen molar-refractivity contribution < 1.29 is 4.74 Å². The summed E-state index contributed by atoms with van der Waals surface area (Å²) in [6.07, 6.45) is 1.08. The third kappa shape index (κ3) is 3.07. The Balaban J connectivity index is 2.08. The van der Waals surface area contributed by atoms with Crippen LogP contribution < -0.4 is 0 Å². The monoisotopic (exact) mass is 182 g/mol. The molecule has 0 spiro atoms. The molecule has 0 radical (unpaired) electrons. The van der Waals surface area contributed by atoms with Crippen LogP contribution >= 0.6 is 36.2 Å². The molecule has 9 heavy (non-hydrogen) atoms. The van der Waals surface area contributed by atoms with Gasteiger partial charge in [-0.05, 0) is 12.2 Å². The molecule has 0 aliphatic carbocycles. The van der Waals surface area contributed by atoms with Crippen molar-refractivity contribution >= 4 is 36.2 Å². The lowest BCUT2D eigenvalue weighted by atomic mass is 10.5. The fourth-order valence-electron chi connectivity index (χ4n) is 0.602. The SMILES string of the molecule is SCCC1OCSCS1. The lowest BCUT2D eigenvalue weighted by Crippen LogP contribution is -2.13. The molecule has 54 valence electrons. The zero-order valence-corrected chi connectivity index (χ0v) is 7.61. The van der Waals surface area contributed by atoms with E-state index in [1.54, 1.807) is 0 Å². The van der Waals surface area contributed by atoms with Crippen LogP contribution in [0.2, 0.25) is 0 Å². The van der Waals surface area contributed by atoms with Gasteiger partial charge >= 0.3 is 0 Å². The molecule has 1 heterocycles. The Bertz CT molecular complexity index is 69.8. The highest BCUT2D eigenvalue weighted by molar-refractivity contribution is 8.16. The van der Waals surface area contributed by atoms with Crippen LogP contribution in [0.1, 0.15) is 6.42 Å². The quantitative estimate of drug-likeness (QED) is 0.655. The van der Waals surface area contributed by atoms with Crippen molar-refractivity contribution in [3.63, 3.8) is 0 Å². The van der Waals surface area contributed by atoms with E-state index in [2.05, 4.69) is 12.6 Å². The lowest BCUT2D eigenvalue weighted by molar-refractivity contribution is 0.155. The van der Waals surface area contributed by atoms with Crippen molar-refractivity contribution in [2.24, 2.45) is 0 Å². The van der Waals surface area contributed by atoms with Crippen molar-refractivity contribution in [3.8, 4) is 0 Å². The highest BCUT2D eigenvalue weighted by Gasteiger charge is 2.12. The first-order valence-electron chi connectivity index (χ1n) is 2.85. The predicted octanol–water partition coefficient (Wildman–Crippen LogP) is 2.04. The zero-order valence-electron chi connectivity index (χ0n) is 5.08. The Kier molecular flexibility index (Phi) is 4.30. The summed E-state index contributed by atoms with van der Waals surface area (Å²) in [5.41, 5.74) is 0.420. The molecule has 1 unspecified atom stereocenters. The molecule has 0 aromatic carbocycles. The van der Waals surface area contributed by atoms with E-state index in [1.165, 1.54) is 5.08 Å². The molecule has 0 bridgehead atoms. The number of thiol groups is 1. The molecule has 1 saturated heterocycles. The minimum Gasteiger partial charge on any atom is -0.357 e. The van der Waals surface area contributed by atoms with Crippen LogP contribution in [0.3, 0.4) is 0 Å². The van der Waals surface area contributed by atoms with Gasteiger partial charge in [0.1, 0.15) is 5.44 Å². The van der Waals surface area contributed by atoms with Crippen LogP contribution in [-0.4, -0.2) is 22.2 Å². The number of ether oxygens (including phenoxy) is 1. The third-order valence-electron chi connectivity index (χ3n) is 1.04. The molecule has 1 aliphatic heterocycles. The molecule has 1 aliphatic rings. The van der Waals surface area contributed by atoms with Crippen LogP contribution in [0.15, 0.2) is 0 Å². The van der Waals surface area contributed by atoms with E-state index in [4.69, 9.17) is 4.74 Å². The summed E-state index contributed by atoms with van der Waals surface area (Å²) in [4.78, 5) is 0. The first-order valence-corrected chi connectivity index (χ1v) is 5.69. The van der Waals surface area contributed by atoms with Crippen molar-refractivity contribution in [2.75, 3.05) is 16.8 Å². The maximum absolute atomic E-state index is 5.40. The van der Waals surface area contributed by atoms with Gasteiger partial charge in [0.25, 0.3) is 0 Å². The van der Waals surface area contributed by atoms with Gasteiger partial charge in [-0.15, -0.1) is 23.5 Å². The Morgan fingerprint density at radius 2 is 2.56 bits per heavy atom. The fourth-order valence-corrected chi connectivity index (χ4v) is 3.07. The second-order valence-corrected chi connectivity index (χ2v) is 4.61. The Labute approximate surface area is 69.7 Å². The topological polar surface area (TPSA) is 9.23 Å². The summed E-state index contributed by atoms with van der Waals surface area (Å²) in [5.74, 6) is 1.80. The minimum absolute atomic E-state index is 0.420. The molecule has 0 aromatic heterocycles. The zero-order chi connectivity index (χ0) is 6.53. The van der Waals surface area contributed by atoms with Crippen molar-refractivity contribution in [2.45, 2.75) is 11.9 Å². The molecule has 1 atom stereocenters. The van der Waals surface area contributed by atoms with Gasteiger partial charge in [-0.2, -0.15) is 12.6 Å². The standard InChI is InChI=1S/C5H10OS3/c7-2-1-5-6-3-8-4-9-5/h5,7H,1-4H2. The molecule has 0 N–H and O–H groups in total. The number of thioether (sulfide) groups is 2. The van der Waals surface area contributed by atoms with Gasteiger partial charge in [-0.1, -0.05) is 0 Å². The second-order valence-electron chi connectivity index (χ2n) is 1.72. The number of rotatable bonds is 2. The second kappa shape index (κ2) is 4.77. The van der Waals surface area contributed by atoms with Crippen molar-refractivity contribution in [1.82, 2.24) is 0 Å². The Morgan fingerprint density at radius 3 is 3.11 bits per heavy atom. The molecule has 0 aromatic rings. The molecule has 0 saturated carbocycles. The van der Waals surface area contributed by atoms with Crippen molar-refractivity contribution in [1.29, 1.82) is 0 Å². The highest BCUT2D eigenvalue weighted by Crippen LogP contribution is 2.27. The van der Waals surface area contributed by atoms with E-state index in [0.29, 0.717) is 5.44 Å². The molecule has 1 fully saturated rings. The molecule has 4 heteroatoms. The molecule has 1 nitrogen and oxygen atoms in total. The smallest absolute Gasteiger partial charge is 0.105 e. The van der Waals surface area contributed by atoms with Crippen LogP contribution in [0, 0.1) is 0 Å². The Morgan fingerprint density at radius 1 is 1.67 bits per heavy atom. The third-order valence-corrected chi connectivity index (χ3v) is 3.55. The summed E-state index contributed by atoms with van der Waals surface area (Å²) in [7, 11) is 0. The first kappa shape index (κ1) is 8.11. The fraction of sp³-hybridized carbons (Fsp3) is 1.00. The summed E-state index contributed by atoms with van der Waals surface area (Å²) >= 11 is 7.85. The van der Waals surface area contributed by atoms with Gasteiger partial charge in [0.05, 0.1) is 5.94 Å². The molecule has 0 amide bonds. The van der Waals surface area contributed by atoms with E-state index in [0.717, 1.165) is 18.1 Å². The van der Waals surface area contributed by atoms with Crippen LogP contribution in [0.25, 0.3) is 0 Å². The van der Waals surface area contributed by atoms with Crippen LogP contribution in [0.5, 0.6) is 0 Å². The highest BCUT2D eigenvalue weighted by atomic mass is 32.2. The summed E-state index contributed by atoms with van der Waals surface area (Å²) in [5, 5.41) is 1.18. The summed E-state index contributed by atoms with van der Waals surface area (Å²) < 4.78 is 5.40. The van der Waals surface area contributed by atoms with Crippen LogP contribution in [0.4, 0.5) is 0 Å². The predicted molar refractivity (Wildman–Crippen MR) is 48.3 cm³/mol.